The number of allylic oxidation sites excluding steroid dienone is 8. The number of halogens is 2. The third kappa shape index (κ3) is 9.56. The van der Waals surface area contributed by atoms with E-state index in [4.69, 9.17) is 10.5 Å². The van der Waals surface area contributed by atoms with E-state index in [2.05, 4.69) is 5.32 Å². The number of rotatable bonds is 10. The maximum absolute atomic E-state index is 14.9. The molecule has 0 aliphatic carbocycles. The zero-order valence-corrected chi connectivity index (χ0v) is 17.6. The molecule has 1 saturated heterocycles. The van der Waals surface area contributed by atoms with E-state index in [9.17, 15) is 13.6 Å². The summed E-state index contributed by atoms with van der Waals surface area (Å²) in [5, 5.41) is 3.04. The van der Waals surface area contributed by atoms with E-state index in [0.717, 1.165) is 0 Å². The molecule has 0 atom stereocenters. The molecule has 0 aromatic heterocycles. The standard InChI is InChI=1S/C22H33F2N3O2/c1-4-6-8-20(25)29-16-13-26-17-22(24)11-14-27(15-12-22)21(28)10-9-18(3)19(23)7-5-2/h4-10,26H,11-17,25H2,1-3H3/b6-4-,7-5-,10-9+,19-18+,20-8+. The molecule has 1 aliphatic heterocycles. The van der Waals surface area contributed by atoms with Crippen LogP contribution in [0.2, 0.25) is 0 Å². The van der Waals surface area contributed by atoms with Gasteiger partial charge in [0.1, 0.15) is 18.1 Å². The van der Waals surface area contributed by atoms with Crippen LogP contribution < -0.4 is 11.1 Å². The highest BCUT2D eigenvalue weighted by molar-refractivity contribution is 5.88. The summed E-state index contributed by atoms with van der Waals surface area (Å²) >= 11 is 0. The van der Waals surface area contributed by atoms with Gasteiger partial charge in [0.2, 0.25) is 5.91 Å². The van der Waals surface area contributed by atoms with Gasteiger partial charge in [-0.2, -0.15) is 0 Å². The van der Waals surface area contributed by atoms with Gasteiger partial charge in [-0.25, -0.2) is 8.78 Å². The highest BCUT2D eigenvalue weighted by atomic mass is 19.1. The summed E-state index contributed by atoms with van der Waals surface area (Å²) in [6.45, 7) is 6.88. The molecule has 0 saturated carbocycles. The van der Waals surface area contributed by atoms with Gasteiger partial charge in [0.15, 0.2) is 5.88 Å². The van der Waals surface area contributed by atoms with Gasteiger partial charge in [-0.05, 0) is 38.5 Å². The molecule has 1 amide bonds. The number of nitrogens with two attached hydrogens (primary N) is 1. The lowest BCUT2D eigenvalue weighted by Gasteiger charge is -2.36. The average molecular weight is 410 g/mol. The summed E-state index contributed by atoms with van der Waals surface area (Å²) in [6, 6.07) is 0. The molecule has 3 N–H and O–H groups in total. The maximum atomic E-state index is 14.9. The van der Waals surface area contributed by atoms with E-state index in [1.807, 2.05) is 13.0 Å². The van der Waals surface area contributed by atoms with Crippen LogP contribution in [0.4, 0.5) is 8.78 Å². The predicted octanol–water partition coefficient (Wildman–Crippen LogP) is 3.68. The lowest BCUT2D eigenvalue weighted by molar-refractivity contribution is -0.128. The second kappa shape index (κ2) is 12.9. The van der Waals surface area contributed by atoms with Crippen LogP contribution in [0.3, 0.4) is 0 Å². The summed E-state index contributed by atoms with van der Waals surface area (Å²) < 4.78 is 33.8. The first-order valence-corrected chi connectivity index (χ1v) is 9.88. The molecule has 0 aromatic carbocycles. The van der Waals surface area contributed by atoms with Crippen LogP contribution in [0.5, 0.6) is 0 Å². The molecule has 5 nitrogen and oxygen atoms in total. The predicted molar refractivity (Wildman–Crippen MR) is 113 cm³/mol. The summed E-state index contributed by atoms with van der Waals surface area (Å²) in [4.78, 5) is 13.8. The first-order valence-electron chi connectivity index (χ1n) is 9.88. The molecule has 0 spiro atoms. The van der Waals surface area contributed by atoms with E-state index in [-0.39, 0.29) is 31.1 Å². The molecule has 7 heteroatoms. The van der Waals surface area contributed by atoms with Gasteiger partial charge in [-0.15, -0.1) is 0 Å². The Morgan fingerprint density at radius 3 is 2.52 bits per heavy atom. The van der Waals surface area contributed by atoms with E-state index in [1.165, 1.54) is 18.2 Å². The number of ether oxygens (including phenoxy) is 1. The molecule has 0 aromatic rings. The van der Waals surface area contributed by atoms with Gasteiger partial charge in [0, 0.05) is 45.1 Å². The third-order valence-corrected chi connectivity index (χ3v) is 4.58. The Morgan fingerprint density at radius 1 is 1.21 bits per heavy atom. The lowest BCUT2D eigenvalue weighted by atomic mass is 9.93. The van der Waals surface area contributed by atoms with Crippen LogP contribution >= 0.6 is 0 Å². The first-order chi connectivity index (χ1) is 13.8. The largest absolute Gasteiger partial charge is 0.478 e. The van der Waals surface area contributed by atoms with Gasteiger partial charge in [0.05, 0.1) is 0 Å². The van der Waals surface area contributed by atoms with Crippen LogP contribution in [0.1, 0.15) is 33.6 Å². The Morgan fingerprint density at radius 2 is 1.90 bits per heavy atom. The number of carbonyl (C=O) groups is 1. The molecule has 0 radical (unpaired) electrons. The van der Waals surface area contributed by atoms with Gasteiger partial charge >= 0.3 is 0 Å². The molecule has 29 heavy (non-hydrogen) atoms. The Bertz CT molecular complexity index is 674. The van der Waals surface area contributed by atoms with Gasteiger partial charge < -0.3 is 20.7 Å². The topological polar surface area (TPSA) is 67.6 Å². The highest BCUT2D eigenvalue weighted by Gasteiger charge is 2.35. The number of nitrogens with zero attached hydrogens (tertiary/aromatic N) is 1. The fourth-order valence-corrected chi connectivity index (χ4v) is 2.76. The monoisotopic (exact) mass is 409 g/mol. The zero-order chi connectivity index (χ0) is 21.7. The van der Waals surface area contributed by atoms with Crippen molar-refractivity contribution in [3.8, 4) is 0 Å². The molecule has 162 valence electrons. The molecule has 0 bridgehead atoms. The Labute approximate surface area is 172 Å². The van der Waals surface area contributed by atoms with Crippen LogP contribution in [0.15, 0.2) is 59.8 Å². The number of likely N-dealkylation sites (tertiary alicyclic amines) is 1. The van der Waals surface area contributed by atoms with Crippen LogP contribution in [-0.2, 0) is 9.53 Å². The minimum atomic E-state index is -1.36. The van der Waals surface area contributed by atoms with Crippen LogP contribution in [0, 0.1) is 0 Å². The number of hydrogen-bond acceptors (Lipinski definition) is 4. The van der Waals surface area contributed by atoms with Crippen molar-refractivity contribution in [1.82, 2.24) is 10.2 Å². The van der Waals surface area contributed by atoms with Crippen molar-refractivity contribution >= 4 is 5.91 Å². The molecule has 1 rings (SSSR count). The van der Waals surface area contributed by atoms with Crippen LogP contribution in [0.25, 0.3) is 0 Å². The van der Waals surface area contributed by atoms with E-state index in [1.54, 1.807) is 37.0 Å². The highest BCUT2D eigenvalue weighted by Crippen LogP contribution is 2.26. The van der Waals surface area contributed by atoms with Gasteiger partial charge in [-0.1, -0.05) is 24.3 Å². The van der Waals surface area contributed by atoms with E-state index < -0.39 is 5.67 Å². The molecule has 1 heterocycles. The number of nitrogens with one attached hydrogen (secondary N) is 1. The molecular formula is C22H33F2N3O2. The summed E-state index contributed by atoms with van der Waals surface area (Å²) in [5.41, 5.74) is 4.66. The molecular weight excluding hydrogens is 376 g/mol. The fourth-order valence-electron chi connectivity index (χ4n) is 2.76. The Hall–Kier alpha value is -2.41. The maximum Gasteiger partial charge on any atom is 0.246 e. The summed E-state index contributed by atoms with van der Waals surface area (Å²) in [5.74, 6) is -0.299. The Balaban J connectivity index is 2.37. The number of alkyl halides is 1. The zero-order valence-electron chi connectivity index (χ0n) is 17.6. The second-order valence-electron chi connectivity index (χ2n) is 6.96. The first kappa shape index (κ1) is 24.6. The smallest absolute Gasteiger partial charge is 0.246 e. The number of piperidine rings is 1. The summed E-state index contributed by atoms with van der Waals surface area (Å²) in [7, 11) is 0. The van der Waals surface area contributed by atoms with Crippen molar-refractivity contribution in [1.29, 1.82) is 0 Å². The van der Waals surface area contributed by atoms with Crippen molar-refractivity contribution in [2.45, 2.75) is 39.3 Å². The van der Waals surface area contributed by atoms with Crippen molar-refractivity contribution in [3.63, 3.8) is 0 Å². The Kier molecular flexibility index (Phi) is 11.0. The van der Waals surface area contributed by atoms with Gasteiger partial charge in [-0.3, -0.25) is 4.79 Å². The fraction of sp³-hybridized carbons (Fsp3) is 0.500. The summed E-state index contributed by atoms with van der Waals surface area (Å²) in [6.07, 6.45) is 11.5. The van der Waals surface area contributed by atoms with Crippen molar-refractivity contribution < 1.29 is 18.3 Å². The van der Waals surface area contributed by atoms with Crippen molar-refractivity contribution in [2.24, 2.45) is 5.73 Å². The average Bonchev–Trinajstić information content (AvgIpc) is 2.70. The minimum Gasteiger partial charge on any atom is -0.478 e. The van der Waals surface area contributed by atoms with Crippen LogP contribution in [-0.4, -0.2) is 49.3 Å². The van der Waals surface area contributed by atoms with Crippen molar-refractivity contribution in [2.75, 3.05) is 32.8 Å². The number of carbonyl (C=O) groups excluding carboxylic acids is 1. The lowest BCUT2D eigenvalue weighted by Crippen LogP contribution is -2.48. The SMILES string of the molecule is C/C=C\C=C(/N)OCCNCC1(F)CCN(C(=O)/C=C/C(C)=C(F)\C=C/C)CC1. The second-order valence-corrected chi connectivity index (χ2v) is 6.96. The molecule has 0 unspecified atom stereocenters. The van der Waals surface area contributed by atoms with Gasteiger partial charge in [0.25, 0.3) is 0 Å². The molecule has 1 fully saturated rings. The third-order valence-electron chi connectivity index (χ3n) is 4.58. The molecule has 1 aliphatic rings. The number of hydrogen-bond donors (Lipinski definition) is 2. The van der Waals surface area contributed by atoms with E-state index >= 15 is 0 Å². The quantitative estimate of drug-likeness (QED) is 0.250. The minimum absolute atomic E-state index is 0.198. The normalized spacial score (nSPS) is 18.7. The number of amides is 1. The van der Waals surface area contributed by atoms with Crippen molar-refractivity contribution in [3.05, 3.63) is 59.8 Å². The van der Waals surface area contributed by atoms with E-state index in [0.29, 0.717) is 37.7 Å².